The zero-order chi connectivity index (χ0) is 15.6. The lowest BCUT2D eigenvalue weighted by molar-refractivity contribution is 0.590. The normalized spacial score (nSPS) is 12.1. The second-order valence-electron chi connectivity index (χ2n) is 6.49. The van der Waals surface area contributed by atoms with Crippen molar-refractivity contribution in [1.82, 2.24) is 9.97 Å². The maximum atomic E-state index is 4.60. The fourth-order valence-corrected chi connectivity index (χ4v) is 2.33. The lowest BCUT2D eigenvalue weighted by Crippen LogP contribution is -2.10. The Morgan fingerprint density at radius 1 is 0.818 bits per heavy atom. The van der Waals surface area contributed by atoms with E-state index in [0.717, 1.165) is 16.7 Å². The summed E-state index contributed by atoms with van der Waals surface area (Å²) in [6.07, 6.45) is 5.89. The first-order valence-electron chi connectivity index (χ1n) is 7.53. The lowest BCUT2D eigenvalue weighted by atomic mass is 9.87. The first kappa shape index (κ1) is 14.5. The number of aromatic nitrogens is 2. The molecular formula is C20H20N2. The van der Waals surface area contributed by atoms with E-state index < -0.39 is 0 Å². The van der Waals surface area contributed by atoms with Gasteiger partial charge in [-0.2, -0.15) is 0 Å². The van der Waals surface area contributed by atoms with E-state index in [1.54, 1.807) is 0 Å². The minimum atomic E-state index is 0.187. The molecule has 3 rings (SSSR count). The van der Waals surface area contributed by atoms with Gasteiger partial charge in [0.25, 0.3) is 0 Å². The Labute approximate surface area is 131 Å². The van der Waals surface area contributed by atoms with Crippen molar-refractivity contribution in [3.63, 3.8) is 0 Å². The Bertz CT molecular complexity index is 809. The Kier molecular flexibility index (Phi) is 3.76. The Balaban J connectivity index is 1.83. The van der Waals surface area contributed by atoms with Gasteiger partial charge in [-0.1, -0.05) is 63.2 Å². The molecule has 3 aromatic rings. The molecule has 0 atom stereocenters. The molecule has 0 saturated carbocycles. The van der Waals surface area contributed by atoms with E-state index in [0.29, 0.717) is 0 Å². The summed E-state index contributed by atoms with van der Waals surface area (Å²) in [4.78, 5) is 9.02. The van der Waals surface area contributed by atoms with Gasteiger partial charge in [0.2, 0.25) is 0 Å². The molecule has 2 aromatic carbocycles. The molecule has 2 nitrogen and oxygen atoms in total. The third kappa shape index (κ3) is 3.22. The first-order chi connectivity index (χ1) is 10.5. The molecule has 110 valence electrons. The smallest absolute Gasteiger partial charge is 0.0894 e. The van der Waals surface area contributed by atoms with Gasteiger partial charge in [0, 0.05) is 0 Å². The van der Waals surface area contributed by atoms with Crippen LogP contribution in [0.4, 0.5) is 0 Å². The number of hydrogen-bond acceptors (Lipinski definition) is 2. The number of fused-ring (bicyclic) bond motifs is 1. The fraction of sp³-hybridized carbons (Fsp3) is 0.200. The molecule has 0 aliphatic heterocycles. The predicted molar refractivity (Wildman–Crippen MR) is 93.6 cm³/mol. The van der Waals surface area contributed by atoms with E-state index in [-0.39, 0.29) is 5.41 Å². The maximum absolute atomic E-state index is 4.60. The number of para-hydroxylation sites is 2. The number of benzene rings is 2. The van der Waals surface area contributed by atoms with Gasteiger partial charge in [0.1, 0.15) is 0 Å². The molecule has 22 heavy (non-hydrogen) atoms. The van der Waals surface area contributed by atoms with Gasteiger partial charge >= 0.3 is 0 Å². The Morgan fingerprint density at radius 2 is 1.50 bits per heavy atom. The van der Waals surface area contributed by atoms with Gasteiger partial charge in [0.05, 0.1) is 22.9 Å². The first-order valence-corrected chi connectivity index (χ1v) is 7.53. The van der Waals surface area contributed by atoms with Gasteiger partial charge < -0.3 is 0 Å². The van der Waals surface area contributed by atoms with E-state index in [2.05, 4.69) is 61.1 Å². The van der Waals surface area contributed by atoms with Crippen molar-refractivity contribution in [2.24, 2.45) is 0 Å². The summed E-state index contributed by atoms with van der Waals surface area (Å²) in [5, 5.41) is 0. The molecule has 0 fully saturated rings. The highest BCUT2D eigenvalue weighted by Crippen LogP contribution is 2.22. The molecule has 0 spiro atoms. The summed E-state index contributed by atoms with van der Waals surface area (Å²) in [6.45, 7) is 6.67. The van der Waals surface area contributed by atoms with Crippen LogP contribution in [0.15, 0.2) is 54.7 Å². The third-order valence-electron chi connectivity index (χ3n) is 3.69. The van der Waals surface area contributed by atoms with Gasteiger partial charge in [0.15, 0.2) is 0 Å². The van der Waals surface area contributed by atoms with Crippen LogP contribution < -0.4 is 0 Å². The average molecular weight is 288 g/mol. The quantitative estimate of drug-likeness (QED) is 0.655. The highest BCUT2D eigenvalue weighted by Gasteiger charge is 2.12. The van der Waals surface area contributed by atoms with Crippen LogP contribution in [-0.4, -0.2) is 9.97 Å². The van der Waals surface area contributed by atoms with Crippen LogP contribution >= 0.6 is 0 Å². The summed E-state index contributed by atoms with van der Waals surface area (Å²) >= 11 is 0. The molecular weight excluding hydrogens is 268 g/mol. The van der Waals surface area contributed by atoms with E-state index >= 15 is 0 Å². The molecule has 0 saturated heterocycles. The summed E-state index contributed by atoms with van der Waals surface area (Å²) in [5.41, 5.74) is 5.42. The number of rotatable bonds is 2. The molecule has 1 heterocycles. The van der Waals surface area contributed by atoms with Crippen molar-refractivity contribution < 1.29 is 0 Å². The van der Waals surface area contributed by atoms with Gasteiger partial charge in [-0.15, -0.1) is 0 Å². The van der Waals surface area contributed by atoms with E-state index in [1.165, 1.54) is 11.1 Å². The van der Waals surface area contributed by atoms with Crippen molar-refractivity contribution in [2.45, 2.75) is 26.2 Å². The highest BCUT2D eigenvalue weighted by molar-refractivity contribution is 5.76. The minimum Gasteiger partial charge on any atom is -0.252 e. The molecule has 0 unspecified atom stereocenters. The molecule has 0 aliphatic rings. The van der Waals surface area contributed by atoms with Crippen molar-refractivity contribution in [3.05, 3.63) is 71.5 Å². The fourth-order valence-electron chi connectivity index (χ4n) is 2.33. The summed E-state index contributed by atoms with van der Waals surface area (Å²) in [6, 6.07) is 16.6. The minimum absolute atomic E-state index is 0.187. The zero-order valence-corrected chi connectivity index (χ0v) is 13.2. The third-order valence-corrected chi connectivity index (χ3v) is 3.69. The van der Waals surface area contributed by atoms with Crippen LogP contribution in [0.25, 0.3) is 23.2 Å². The second kappa shape index (κ2) is 5.72. The molecule has 1 aromatic heterocycles. The van der Waals surface area contributed by atoms with Crippen molar-refractivity contribution >= 4 is 23.2 Å². The second-order valence-corrected chi connectivity index (χ2v) is 6.49. The molecule has 0 N–H and O–H groups in total. The van der Waals surface area contributed by atoms with Crippen molar-refractivity contribution in [3.8, 4) is 0 Å². The molecule has 2 heteroatoms. The molecule has 0 bridgehead atoms. The predicted octanol–water partition coefficient (Wildman–Crippen LogP) is 5.10. The average Bonchev–Trinajstić information content (AvgIpc) is 2.52. The summed E-state index contributed by atoms with van der Waals surface area (Å²) < 4.78 is 0. The van der Waals surface area contributed by atoms with Crippen LogP contribution in [0, 0.1) is 0 Å². The van der Waals surface area contributed by atoms with Crippen LogP contribution in [0.5, 0.6) is 0 Å². The Hall–Kier alpha value is -2.48. The summed E-state index contributed by atoms with van der Waals surface area (Å²) in [7, 11) is 0. The van der Waals surface area contributed by atoms with E-state index in [1.807, 2.05) is 36.5 Å². The van der Waals surface area contributed by atoms with Gasteiger partial charge in [-0.25, -0.2) is 4.98 Å². The Morgan fingerprint density at radius 3 is 2.18 bits per heavy atom. The topological polar surface area (TPSA) is 25.8 Å². The van der Waals surface area contributed by atoms with Gasteiger partial charge in [-0.05, 0) is 34.8 Å². The van der Waals surface area contributed by atoms with Gasteiger partial charge in [-0.3, -0.25) is 4.98 Å². The van der Waals surface area contributed by atoms with Crippen LogP contribution in [0.1, 0.15) is 37.6 Å². The number of hydrogen-bond donors (Lipinski definition) is 0. The van der Waals surface area contributed by atoms with Crippen molar-refractivity contribution in [2.75, 3.05) is 0 Å². The standard InChI is InChI=1S/C20H20N2/c1-20(2,3)16-11-8-15(9-12-16)10-13-17-14-21-18-6-4-5-7-19(18)22-17/h4-14H,1-3H3/b13-10+. The summed E-state index contributed by atoms with van der Waals surface area (Å²) in [5.74, 6) is 0. The monoisotopic (exact) mass is 288 g/mol. The van der Waals surface area contributed by atoms with Crippen molar-refractivity contribution in [1.29, 1.82) is 0 Å². The van der Waals surface area contributed by atoms with Crippen LogP contribution in [0.2, 0.25) is 0 Å². The maximum Gasteiger partial charge on any atom is 0.0894 e. The largest absolute Gasteiger partial charge is 0.252 e. The molecule has 0 radical (unpaired) electrons. The van der Waals surface area contributed by atoms with Crippen LogP contribution in [-0.2, 0) is 5.41 Å². The molecule has 0 amide bonds. The van der Waals surface area contributed by atoms with E-state index in [9.17, 15) is 0 Å². The van der Waals surface area contributed by atoms with Crippen LogP contribution in [0.3, 0.4) is 0 Å². The zero-order valence-electron chi connectivity index (χ0n) is 13.2. The van der Waals surface area contributed by atoms with E-state index in [4.69, 9.17) is 0 Å². The number of nitrogens with zero attached hydrogens (tertiary/aromatic N) is 2. The lowest BCUT2D eigenvalue weighted by Gasteiger charge is -2.18. The SMILES string of the molecule is CC(C)(C)c1ccc(/C=C/c2cnc3ccccc3n2)cc1. The molecule has 0 aliphatic carbocycles. The highest BCUT2D eigenvalue weighted by atomic mass is 14.8.